The second-order valence-corrected chi connectivity index (χ2v) is 20.3. The summed E-state index contributed by atoms with van der Waals surface area (Å²) in [6, 6.07) is 31.8. The minimum Gasteiger partial charge on any atom is -0.497 e. The predicted molar refractivity (Wildman–Crippen MR) is 286 cm³/mol. The molecule has 0 amide bonds. The summed E-state index contributed by atoms with van der Waals surface area (Å²) in [7, 11) is 3.26. The van der Waals surface area contributed by atoms with Crippen LogP contribution >= 0.6 is 0 Å². The molecule has 9 rings (SSSR count). The molecule has 4 aromatic carbocycles. The van der Waals surface area contributed by atoms with E-state index in [9.17, 15) is 20.1 Å². The molecule has 4 heterocycles. The van der Waals surface area contributed by atoms with Crippen molar-refractivity contribution in [3.63, 3.8) is 0 Å². The Morgan fingerprint density at radius 2 is 1.27 bits per heavy atom. The van der Waals surface area contributed by atoms with Gasteiger partial charge in [-0.3, -0.25) is 9.78 Å². The van der Waals surface area contributed by atoms with Gasteiger partial charge < -0.3 is 43.7 Å². The van der Waals surface area contributed by atoms with Crippen LogP contribution in [0.25, 0.3) is 0 Å². The van der Waals surface area contributed by atoms with Crippen molar-refractivity contribution >= 4 is 5.78 Å². The van der Waals surface area contributed by atoms with Crippen molar-refractivity contribution < 1.29 is 48.5 Å². The van der Waals surface area contributed by atoms with Crippen LogP contribution in [0, 0.1) is 17.8 Å². The number of hydrogen-bond acceptors (Lipinski definition) is 12. The standard InChI is InChI=1S/2C31H37NO5/c1-5-6-7-23-9-11-25-29(21-8-13-27-28(16-21)37-18-36-27)20(3)31(34,30(25)32-23)26-12-10-24(35-4)15-22(26)14-19(2)17-33;1-5-7-8-23-10-12-27(25(6-2)21-9-14-28-29(17-21)37-19-36-28)30(32-23)31(34)26-13-11-24(35-4)16-22(26)15-20(3)18-33/h8-13,15-16,19-20,29,33-34H,5-7,14,17-18H2,1-4H3;9-14,16-17,20,25,33H,5-8,15,18-19H2,1-4H3/t19-,20+,29?,31?;20-,25?/m00/s1. The summed E-state index contributed by atoms with van der Waals surface area (Å²) in [6.45, 7) is 13.1. The summed E-state index contributed by atoms with van der Waals surface area (Å²) in [5.74, 6) is 4.01. The summed E-state index contributed by atoms with van der Waals surface area (Å²) in [5, 5.41) is 32.3. The number of aryl methyl sites for hydroxylation is 2. The third-order valence-electron chi connectivity index (χ3n) is 15.0. The van der Waals surface area contributed by atoms with E-state index in [-0.39, 0.29) is 62.2 Å². The summed E-state index contributed by atoms with van der Waals surface area (Å²) < 4.78 is 33.3. The van der Waals surface area contributed by atoms with Gasteiger partial charge in [0.05, 0.1) is 19.9 Å². The minimum absolute atomic E-state index is 0.0130. The molecular formula is C62H74N2O10. The maximum Gasteiger partial charge on any atom is 0.231 e. The van der Waals surface area contributed by atoms with Gasteiger partial charge in [0, 0.05) is 47.9 Å². The van der Waals surface area contributed by atoms with Crippen molar-refractivity contribution in [3.05, 3.63) is 164 Å². The van der Waals surface area contributed by atoms with Crippen LogP contribution in [-0.4, -0.2) is 72.1 Å². The van der Waals surface area contributed by atoms with E-state index in [1.165, 1.54) is 0 Å². The van der Waals surface area contributed by atoms with Gasteiger partial charge in [-0.2, -0.15) is 0 Å². The number of hydrogen-bond donors (Lipinski definition) is 3. The predicted octanol–water partition coefficient (Wildman–Crippen LogP) is 11.5. The van der Waals surface area contributed by atoms with Gasteiger partial charge in [0.15, 0.2) is 23.0 Å². The van der Waals surface area contributed by atoms with Gasteiger partial charge in [-0.25, -0.2) is 4.98 Å². The Hall–Kier alpha value is -6.47. The highest BCUT2D eigenvalue weighted by Crippen LogP contribution is 2.56. The summed E-state index contributed by atoms with van der Waals surface area (Å²) >= 11 is 0. The summed E-state index contributed by atoms with van der Waals surface area (Å²) in [5.41, 5.74) is 9.13. The maximum absolute atomic E-state index is 14.2. The van der Waals surface area contributed by atoms with Crippen molar-refractivity contribution in [2.75, 3.05) is 41.0 Å². The van der Waals surface area contributed by atoms with Crippen molar-refractivity contribution in [2.24, 2.45) is 17.8 Å². The molecule has 0 spiro atoms. The van der Waals surface area contributed by atoms with Crippen molar-refractivity contribution in [2.45, 2.75) is 117 Å². The first-order valence-corrected chi connectivity index (χ1v) is 26.5. The molecule has 12 heteroatoms. The lowest BCUT2D eigenvalue weighted by Crippen LogP contribution is -2.35. The average molecular weight is 1010 g/mol. The molecule has 74 heavy (non-hydrogen) atoms. The fourth-order valence-electron chi connectivity index (χ4n) is 10.8. The first kappa shape index (κ1) is 53.8. The number of rotatable bonds is 21. The molecule has 6 aromatic rings. The topological polar surface area (TPSA) is 159 Å². The first-order valence-electron chi connectivity index (χ1n) is 26.5. The summed E-state index contributed by atoms with van der Waals surface area (Å²) in [6.07, 6.45) is 7.90. The lowest BCUT2D eigenvalue weighted by atomic mass is 9.76. The van der Waals surface area contributed by atoms with Gasteiger partial charge in [-0.05, 0) is 162 Å². The van der Waals surface area contributed by atoms with Crippen LogP contribution < -0.4 is 28.4 Å². The second-order valence-electron chi connectivity index (χ2n) is 20.3. The fourth-order valence-corrected chi connectivity index (χ4v) is 10.8. The third kappa shape index (κ3) is 11.3. The molecule has 3 aliphatic rings. The van der Waals surface area contributed by atoms with E-state index in [1.807, 2.05) is 80.6 Å². The number of nitrogens with zero attached hydrogens (tertiary/aromatic N) is 2. The zero-order chi connectivity index (χ0) is 52.5. The van der Waals surface area contributed by atoms with Crippen LogP contribution in [-0.2, 0) is 31.3 Å². The van der Waals surface area contributed by atoms with E-state index >= 15 is 0 Å². The summed E-state index contributed by atoms with van der Waals surface area (Å²) in [4.78, 5) is 24.3. The van der Waals surface area contributed by atoms with Crippen LogP contribution in [0.4, 0.5) is 0 Å². The van der Waals surface area contributed by atoms with Crippen LogP contribution in [0.2, 0.25) is 0 Å². The molecule has 0 fully saturated rings. The van der Waals surface area contributed by atoms with E-state index < -0.39 is 5.60 Å². The monoisotopic (exact) mass is 1010 g/mol. The minimum atomic E-state index is -1.31. The zero-order valence-corrected chi connectivity index (χ0v) is 44.4. The maximum atomic E-state index is 14.2. The van der Waals surface area contributed by atoms with E-state index in [4.69, 9.17) is 38.4 Å². The number of unbranched alkanes of at least 4 members (excludes halogenated alkanes) is 2. The molecule has 1 aliphatic carbocycles. The molecule has 392 valence electrons. The van der Waals surface area contributed by atoms with Gasteiger partial charge in [-0.1, -0.05) is 84.7 Å². The highest BCUT2D eigenvalue weighted by atomic mass is 16.7. The number of carbonyl (C=O) groups excluding carboxylic acids is 1. The molecule has 0 radical (unpaired) electrons. The molecule has 3 N–H and O–H groups in total. The number of aromatic nitrogens is 2. The number of pyridine rings is 2. The Morgan fingerprint density at radius 3 is 1.91 bits per heavy atom. The molecule has 2 aromatic heterocycles. The molecule has 2 aliphatic heterocycles. The van der Waals surface area contributed by atoms with Crippen molar-refractivity contribution in [1.29, 1.82) is 0 Å². The van der Waals surface area contributed by atoms with Crippen molar-refractivity contribution in [1.82, 2.24) is 9.97 Å². The lowest BCUT2D eigenvalue weighted by Gasteiger charge is -2.33. The molecule has 3 unspecified atom stereocenters. The Morgan fingerprint density at radius 1 is 0.689 bits per heavy atom. The number of aliphatic hydroxyl groups excluding tert-OH is 2. The largest absolute Gasteiger partial charge is 0.497 e. The van der Waals surface area contributed by atoms with Crippen LogP contribution in [0.1, 0.15) is 158 Å². The smallest absolute Gasteiger partial charge is 0.231 e. The highest BCUT2D eigenvalue weighted by molar-refractivity contribution is 6.10. The second kappa shape index (κ2) is 24.3. The average Bonchev–Trinajstić information content (AvgIpc) is 4.18. The van der Waals surface area contributed by atoms with Gasteiger partial charge in [0.25, 0.3) is 0 Å². The number of carbonyl (C=O) groups is 1. The first-order chi connectivity index (χ1) is 35.9. The van der Waals surface area contributed by atoms with E-state index in [0.717, 1.165) is 130 Å². The van der Waals surface area contributed by atoms with E-state index in [2.05, 4.69) is 58.0 Å². The van der Waals surface area contributed by atoms with Crippen LogP contribution in [0.3, 0.4) is 0 Å². The molecule has 0 saturated heterocycles. The van der Waals surface area contributed by atoms with Gasteiger partial charge in [0.1, 0.15) is 22.8 Å². The van der Waals surface area contributed by atoms with Crippen LogP contribution in [0.15, 0.2) is 97.1 Å². The number of ether oxygens (including phenoxy) is 6. The number of benzene rings is 4. The quantitative estimate of drug-likeness (QED) is 0.0587. The molecular weight excluding hydrogens is 933 g/mol. The number of fused-ring (bicyclic) bond motifs is 3. The Labute approximate surface area is 437 Å². The van der Waals surface area contributed by atoms with E-state index in [0.29, 0.717) is 29.8 Å². The van der Waals surface area contributed by atoms with Crippen LogP contribution in [0.5, 0.6) is 34.5 Å². The van der Waals surface area contributed by atoms with Gasteiger partial charge in [0.2, 0.25) is 19.4 Å². The Bertz CT molecular complexity index is 2900. The molecule has 12 nitrogen and oxygen atoms in total. The van der Waals surface area contributed by atoms with Gasteiger partial charge >= 0.3 is 0 Å². The normalized spacial score (nSPS) is 18.3. The number of aliphatic hydroxyl groups is 3. The number of ketones is 1. The SMILES string of the molecule is CCCCc1ccc(C(CC)c2ccc3c(c2)OCO3)c(C(=O)c2ccc(OC)cc2C[C@H](C)CO)n1.CCCCc1ccc2c(n1)C(O)(c1ccc(OC)cc1C[C@H](C)CO)[C@H](C)C2c1ccc2c(c1)OCO2. The molecule has 0 bridgehead atoms. The fraction of sp³-hybridized carbons (Fsp3) is 0.435. The molecule has 0 saturated carbocycles. The van der Waals surface area contributed by atoms with Crippen molar-refractivity contribution in [3.8, 4) is 34.5 Å². The highest BCUT2D eigenvalue weighted by Gasteiger charge is 2.53. The molecule has 6 atom stereocenters. The lowest BCUT2D eigenvalue weighted by molar-refractivity contribution is 0.0278. The van der Waals surface area contributed by atoms with Gasteiger partial charge in [-0.15, -0.1) is 0 Å². The zero-order valence-electron chi connectivity index (χ0n) is 44.4. The Balaban J connectivity index is 0.000000197. The van der Waals surface area contributed by atoms with E-state index in [1.54, 1.807) is 14.2 Å². The third-order valence-corrected chi connectivity index (χ3v) is 15.0. The number of methoxy groups -OCH3 is 2. The Kier molecular flexibility index (Phi) is 17.6.